The largest absolute Gasteiger partial charge is 0.495 e. The first kappa shape index (κ1) is 23.4. The van der Waals surface area contributed by atoms with E-state index in [2.05, 4.69) is 10.0 Å². The van der Waals surface area contributed by atoms with Gasteiger partial charge in [0, 0.05) is 12.6 Å². The zero-order chi connectivity index (χ0) is 22.1. The normalized spacial score (nSPS) is 11.2. The van der Waals surface area contributed by atoms with Gasteiger partial charge in [0.15, 0.2) is 6.61 Å². The second kappa shape index (κ2) is 10.7. The van der Waals surface area contributed by atoms with Gasteiger partial charge in [-0.1, -0.05) is 30.3 Å². The Labute approximate surface area is 176 Å². The molecule has 0 aromatic heterocycles. The smallest absolute Gasteiger partial charge is 0.338 e. The maximum absolute atomic E-state index is 12.5. The molecule has 9 heteroatoms. The van der Waals surface area contributed by atoms with Crippen LogP contribution in [0.4, 0.5) is 0 Å². The predicted octanol–water partition coefficient (Wildman–Crippen LogP) is 1.90. The summed E-state index contributed by atoms with van der Waals surface area (Å²) in [5, 5.41) is 2.67. The number of carbonyl (C=O) groups excluding carboxylic acids is 2. The van der Waals surface area contributed by atoms with Crippen LogP contribution in [0, 0.1) is 0 Å². The molecule has 0 aliphatic carbocycles. The quantitative estimate of drug-likeness (QED) is 0.553. The fourth-order valence-corrected chi connectivity index (χ4v) is 4.09. The van der Waals surface area contributed by atoms with Crippen molar-refractivity contribution < 1.29 is 27.5 Å². The molecule has 1 amide bonds. The van der Waals surface area contributed by atoms with Gasteiger partial charge in [-0.3, -0.25) is 4.79 Å². The average molecular weight is 435 g/mol. The molecule has 2 N–H and O–H groups in total. The molecular formula is C21H26N2O6S. The van der Waals surface area contributed by atoms with E-state index in [1.807, 2.05) is 30.3 Å². The number of sulfonamides is 1. The lowest BCUT2D eigenvalue weighted by Gasteiger charge is -2.14. The third-order valence-corrected chi connectivity index (χ3v) is 5.67. The van der Waals surface area contributed by atoms with Gasteiger partial charge in [0.05, 0.1) is 12.7 Å². The van der Waals surface area contributed by atoms with Crippen molar-refractivity contribution in [3.05, 3.63) is 59.7 Å². The number of methoxy groups -OCH3 is 1. The molecule has 0 saturated heterocycles. The highest BCUT2D eigenvalue weighted by atomic mass is 32.2. The lowest BCUT2D eigenvalue weighted by molar-refractivity contribution is -0.124. The van der Waals surface area contributed by atoms with E-state index in [0.29, 0.717) is 13.0 Å². The second-order valence-corrected chi connectivity index (χ2v) is 8.49. The minimum Gasteiger partial charge on any atom is -0.495 e. The summed E-state index contributed by atoms with van der Waals surface area (Å²) in [6.07, 6.45) is 0.656. The maximum atomic E-state index is 12.5. The van der Waals surface area contributed by atoms with Crippen LogP contribution < -0.4 is 14.8 Å². The first-order chi connectivity index (χ1) is 14.2. The Morgan fingerprint density at radius 1 is 1.07 bits per heavy atom. The summed E-state index contributed by atoms with van der Waals surface area (Å²) < 4.78 is 37.5. The van der Waals surface area contributed by atoms with Crippen molar-refractivity contribution in [1.82, 2.24) is 10.0 Å². The molecule has 8 nitrogen and oxygen atoms in total. The summed E-state index contributed by atoms with van der Waals surface area (Å²) in [4.78, 5) is 24.0. The van der Waals surface area contributed by atoms with Gasteiger partial charge in [-0.15, -0.1) is 0 Å². The fraction of sp³-hybridized carbons (Fsp3) is 0.333. The number of hydrogen-bond acceptors (Lipinski definition) is 6. The lowest BCUT2D eigenvalue weighted by atomic mass is 10.1. The Morgan fingerprint density at radius 2 is 1.77 bits per heavy atom. The van der Waals surface area contributed by atoms with Crippen molar-refractivity contribution in [2.45, 2.75) is 31.2 Å². The van der Waals surface area contributed by atoms with Gasteiger partial charge in [-0.05, 0) is 44.0 Å². The average Bonchev–Trinajstić information content (AvgIpc) is 2.71. The summed E-state index contributed by atoms with van der Waals surface area (Å²) in [6.45, 7) is 3.30. The molecule has 0 aliphatic heterocycles. The van der Waals surface area contributed by atoms with E-state index in [1.165, 1.54) is 25.3 Å². The first-order valence-electron chi connectivity index (χ1n) is 9.41. The van der Waals surface area contributed by atoms with Crippen LogP contribution in [0.1, 0.15) is 29.8 Å². The van der Waals surface area contributed by atoms with Crippen LogP contribution in [-0.4, -0.2) is 46.6 Å². The van der Waals surface area contributed by atoms with Gasteiger partial charge in [-0.2, -0.15) is 0 Å². The van der Waals surface area contributed by atoms with Gasteiger partial charge < -0.3 is 14.8 Å². The van der Waals surface area contributed by atoms with E-state index in [0.717, 1.165) is 5.56 Å². The molecule has 2 aromatic carbocycles. The SMILES string of the molecule is COc1ccc(C(=O)OCC(=O)NCCc2ccccc2)cc1S(=O)(=O)NC(C)C. The molecule has 162 valence electrons. The highest BCUT2D eigenvalue weighted by Crippen LogP contribution is 2.25. The number of benzene rings is 2. The van der Waals surface area contributed by atoms with E-state index in [9.17, 15) is 18.0 Å². The third-order valence-electron chi connectivity index (χ3n) is 3.99. The topological polar surface area (TPSA) is 111 Å². The van der Waals surface area contributed by atoms with Crippen LogP contribution in [0.3, 0.4) is 0 Å². The fourth-order valence-electron chi connectivity index (χ4n) is 2.64. The van der Waals surface area contributed by atoms with E-state index in [-0.39, 0.29) is 22.3 Å². The number of esters is 1. The Bertz CT molecular complexity index is 974. The van der Waals surface area contributed by atoms with E-state index >= 15 is 0 Å². The van der Waals surface area contributed by atoms with Crippen molar-refractivity contribution in [2.75, 3.05) is 20.3 Å². The summed E-state index contributed by atoms with van der Waals surface area (Å²) in [6, 6.07) is 13.2. The number of carbonyl (C=O) groups is 2. The summed E-state index contributed by atoms with van der Waals surface area (Å²) >= 11 is 0. The van der Waals surface area contributed by atoms with Crippen LogP contribution in [0.2, 0.25) is 0 Å². The number of amides is 1. The monoisotopic (exact) mass is 434 g/mol. The van der Waals surface area contributed by atoms with Gasteiger partial charge >= 0.3 is 5.97 Å². The van der Waals surface area contributed by atoms with Gasteiger partial charge in [0.2, 0.25) is 10.0 Å². The Morgan fingerprint density at radius 3 is 2.40 bits per heavy atom. The van der Waals surface area contributed by atoms with Gasteiger partial charge in [-0.25, -0.2) is 17.9 Å². The third kappa shape index (κ3) is 6.85. The molecule has 0 atom stereocenters. The van der Waals surface area contributed by atoms with E-state index in [4.69, 9.17) is 9.47 Å². The molecule has 0 aliphatic rings. The molecule has 2 rings (SSSR count). The lowest BCUT2D eigenvalue weighted by Crippen LogP contribution is -2.31. The molecule has 30 heavy (non-hydrogen) atoms. The number of rotatable bonds is 10. The second-order valence-electron chi connectivity index (χ2n) is 6.80. The van der Waals surface area contributed by atoms with Crippen molar-refractivity contribution in [3.63, 3.8) is 0 Å². The number of ether oxygens (including phenoxy) is 2. The highest BCUT2D eigenvalue weighted by molar-refractivity contribution is 7.89. The minimum atomic E-state index is -3.89. The molecule has 0 heterocycles. The van der Waals surface area contributed by atoms with Crippen molar-refractivity contribution in [2.24, 2.45) is 0 Å². The van der Waals surface area contributed by atoms with Crippen LogP contribution >= 0.6 is 0 Å². The van der Waals surface area contributed by atoms with Gasteiger partial charge in [0.1, 0.15) is 10.6 Å². The predicted molar refractivity (Wildman–Crippen MR) is 112 cm³/mol. The standard InChI is InChI=1S/C21H26N2O6S/c1-15(2)23-30(26,27)19-13-17(9-10-18(19)28-3)21(25)29-14-20(24)22-12-11-16-7-5-4-6-8-16/h4-10,13,15,23H,11-12,14H2,1-3H3,(H,22,24). The van der Waals surface area contributed by atoms with Gasteiger partial charge in [0.25, 0.3) is 5.91 Å². The van der Waals surface area contributed by atoms with E-state index in [1.54, 1.807) is 13.8 Å². The maximum Gasteiger partial charge on any atom is 0.338 e. The minimum absolute atomic E-state index is 0.00276. The van der Waals surface area contributed by atoms with Crippen molar-refractivity contribution >= 4 is 21.9 Å². The molecule has 0 fully saturated rings. The number of nitrogens with one attached hydrogen (secondary N) is 2. The van der Waals surface area contributed by atoms with Crippen molar-refractivity contribution in [1.29, 1.82) is 0 Å². The Balaban J connectivity index is 1.96. The summed E-state index contributed by atoms with van der Waals surface area (Å²) in [5.41, 5.74) is 1.08. The Hall–Kier alpha value is -2.91. The molecule has 0 saturated carbocycles. The molecule has 0 radical (unpaired) electrons. The van der Waals surface area contributed by atoms with E-state index < -0.39 is 28.5 Å². The molecule has 0 spiro atoms. The highest BCUT2D eigenvalue weighted by Gasteiger charge is 2.23. The zero-order valence-corrected chi connectivity index (χ0v) is 18.0. The summed E-state index contributed by atoms with van der Waals surface area (Å²) in [7, 11) is -2.56. The van der Waals surface area contributed by atoms with Crippen LogP contribution in [0.15, 0.2) is 53.4 Å². The van der Waals surface area contributed by atoms with Crippen molar-refractivity contribution in [3.8, 4) is 5.75 Å². The molecule has 0 unspecified atom stereocenters. The first-order valence-corrected chi connectivity index (χ1v) is 10.9. The Kier molecular flexibility index (Phi) is 8.37. The number of hydrogen-bond donors (Lipinski definition) is 2. The van der Waals surface area contributed by atoms with Crippen LogP contribution in [-0.2, 0) is 26.0 Å². The molecule has 0 bridgehead atoms. The van der Waals surface area contributed by atoms with Crippen LogP contribution in [0.25, 0.3) is 0 Å². The molecular weight excluding hydrogens is 408 g/mol. The summed E-state index contributed by atoms with van der Waals surface area (Å²) in [5.74, 6) is -1.16. The van der Waals surface area contributed by atoms with Crippen LogP contribution in [0.5, 0.6) is 5.75 Å². The zero-order valence-electron chi connectivity index (χ0n) is 17.2. The molecule has 2 aromatic rings.